The highest BCUT2D eigenvalue weighted by Crippen LogP contribution is 2.20. The molecule has 7 heteroatoms. The number of pyridine rings is 1. The van der Waals surface area contributed by atoms with E-state index in [0.717, 1.165) is 16.9 Å². The number of nitrogens with one attached hydrogen (secondary N) is 2. The molecule has 0 saturated heterocycles. The Morgan fingerprint density at radius 1 is 1.21 bits per heavy atom. The Labute approximate surface area is 142 Å². The molecule has 0 aliphatic carbocycles. The van der Waals surface area contributed by atoms with Crippen LogP contribution in [0.5, 0.6) is 0 Å². The van der Waals surface area contributed by atoms with Crippen molar-refractivity contribution in [1.82, 2.24) is 9.71 Å². The third-order valence-corrected chi connectivity index (χ3v) is 4.92. The number of nitrogens with zero attached hydrogens (tertiary/aromatic N) is 2. The monoisotopic (exact) mass is 344 g/mol. The van der Waals surface area contributed by atoms with Crippen molar-refractivity contribution in [2.45, 2.75) is 26.1 Å². The summed E-state index contributed by atoms with van der Waals surface area (Å²) in [4.78, 5) is 4.29. The minimum Gasteiger partial charge on any atom is -0.380 e. The van der Waals surface area contributed by atoms with Crippen LogP contribution >= 0.6 is 0 Å². The van der Waals surface area contributed by atoms with Gasteiger partial charge in [-0.3, -0.25) is 4.98 Å². The summed E-state index contributed by atoms with van der Waals surface area (Å²) in [5.41, 5.74) is 4.43. The van der Waals surface area contributed by atoms with Gasteiger partial charge in [0.25, 0.3) is 0 Å². The van der Waals surface area contributed by atoms with Gasteiger partial charge in [-0.1, -0.05) is 24.3 Å². The highest BCUT2D eigenvalue weighted by Gasteiger charge is 2.10. The number of aryl methyl sites for hydroxylation is 2. The molecular weight excluding hydrogens is 324 g/mol. The summed E-state index contributed by atoms with van der Waals surface area (Å²) in [6, 6.07) is 11.4. The Kier molecular flexibility index (Phi) is 5.54. The van der Waals surface area contributed by atoms with Crippen molar-refractivity contribution >= 4 is 15.7 Å². The fourth-order valence-electron chi connectivity index (χ4n) is 2.43. The van der Waals surface area contributed by atoms with E-state index in [4.69, 9.17) is 0 Å². The van der Waals surface area contributed by atoms with Crippen molar-refractivity contribution in [2.75, 3.05) is 12.4 Å². The smallest absolute Gasteiger partial charge is 0.215 e. The van der Waals surface area contributed by atoms with E-state index in [0.29, 0.717) is 23.4 Å². The average molecular weight is 344 g/mol. The van der Waals surface area contributed by atoms with Crippen LogP contribution in [0.15, 0.2) is 30.3 Å². The maximum atomic E-state index is 11.6. The molecule has 2 rings (SSSR count). The van der Waals surface area contributed by atoms with Crippen LogP contribution in [0.3, 0.4) is 0 Å². The largest absolute Gasteiger partial charge is 0.380 e. The second-order valence-electron chi connectivity index (χ2n) is 5.52. The summed E-state index contributed by atoms with van der Waals surface area (Å²) in [5.74, 6) is -0.0613. The zero-order chi connectivity index (χ0) is 17.7. The lowest BCUT2D eigenvalue weighted by Gasteiger charge is -2.12. The molecule has 2 N–H and O–H groups in total. The van der Waals surface area contributed by atoms with E-state index in [1.54, 1.807) is 13.0 Å². The van der Waals surface area contributed by atoms with Crippen molar-refractivity contribution < 1.29 is 8.42 Å². The first-order valence-electron chi connectivity index (χ1n) is 7.46. The van der Waals surface area contributed by atoms with Crippen LogP contribution in [-0.4, -0.2) is 20.4 Å². The second-order valence-corrected chi connectivity index (χ2v) is 7.45. The lowest BCUT2D eigenvalue weighted by atomic mass is 10.1. The normalized spacial score (nSPS) is 11.1. The van der Waals surface area contributed by atoms with Crippen LogP contribution in [0.2, 0.25) is 0 Å². The number of hydrogen-bond donors (Lipinski definition) is 2. The molecule has 0 radical (unpaired) electrons. The molecule has 6 nitrogen and oxygen atoms in total. The first-order chi connectivity index (χ1) is 11.3. The molecule has 0 amide bonds. The fourth-order valence-corrected chi connectivity index (χ4v) is 3.19. The fraction of sp³-hybridized carbons (Fsp3) is 0.294. The number of benzene rings is 1. The van der Waals surface area contributed by atoms with Crippen LogP contribution < -0.4 is 10.0 Å². The molecule has 0 atom stereocenters. The molecular formula is C17H20N4O2S. The Hall–Kier alpha value is -2.43. The van der Waals surface area contributed by atoms with Gasteiger partial charge in [0.15, 0.2) is 0 Å². The third kappa shape index (κ3) is 4.54. The Balaban J connectivity index is 2.18. The van der Waals surface area contributed by atoms with Gasteiger partial charge in [0.2, 0.25) is 10.0 Å². The number of rotatable bonds is 6. The molecule has 0 saturated carbocycles. The lowest BCUT2D eigenvalue weighted by molar-refractivity contribution is 0.587. The first kappa shape index (κ1) is 17.9. The Morgan fingerprint density at radius 2 is 1.92 bits per heavy atom. The summed E-state index contributed by atoms with van der Waals surface area (Å²) < 4.78 is 25.6. The standard InChI is InChI=1S/C17H20N4O2S/c1-12-7-17(16(9-18)13(2)21-12)20-10-14-5-4-6-15(8-14)11-24(22,23)19-3/h4-8,19H,10-11H2,1-3H3,(H,20,21). The summed E-state index contributed by atoms with van der Waals surface area (Å²) in [6.45, 7) is 4.17. The molecule has 1 heterocycles. The minimum atomic E-state index is -3.30. The van der Waals surface area contributed by atoms with Crippen molar-refractivity contribution in [3.05, 3.63) is 58.4 Å². The average Bonchev–Trinajstić information content (AvgIpc) is 2.52. The van der Waals surface area contributed by atoms with Gasteiger partial charge in [-0.2, -0.15) is 5.26 Å². The molecule has 126 valence electrons. The molecule has 0 fully saturated rings. The first-order valence-corrected chi connectivity index (χ1v) is 9.11. The molecule has 24 heavy (non-hydrogen) atoms. The van der Waals surface area contributed by atoms with Crippen molar-refractivity contribution in [3.63, 3.8) is 0 Å². The highest BCUT2D eigenvalue weighted by atomic mass is 32.2. The predicted molar refractivity (Wildman–Crippen MR) is 93.9 cm³/mol. The SMILES string of the molecule is CNS(=O)(=O)Cc1cccc(CNc2cc(C)nc(C)c2C#N)c1. The number of anilines is 1. The van der Waals surface area contributed by atoms with Crippen LogP contribution in [0, 0.1) is 25.2 Å². The van der Waals surface area contributed by atoms with Gasteiger partial charge >= 0.3 is 0 Å². The van der Waals surface area contributed by atoms with E-state index in [-0.39, 0.29) is 5.75 Å². The summed E-state index contributed by atoms with van der Waals surface area (Å²) in [7, 11) is -1.90. The molecule has 0 spiro atoms. The molecule has 0 unspecified atom stereocenters. The van der Waals surface area contributed by atoms with Gasteiger partial charge < -0.3 is 5.32 Å². The van der Waals surface area contributed by atoms with Crippen LogP contribution in [-0.2, 0) is 22.3 Å². The van der Waals surface area contributed by atoms with Crippen LogP contribution in [0.4, 0.5) is 5.69 Å². The van der Waals surface area contributed by atoms with E-state index in [1.807, 2.05) is 31.2 Å². The van der Waals surface area contributed by atoms with Gasteiger partial charge in [-0.15, -0.1) is 0 Å². The Morgan fingerprint density at radius 3 is 2.58 bits per heavy atom. The van der Waals surface area contributed by atoms with Crippen molar-refractivity contribution in [2.24, 2.45) is 0 Å². The van der Waals surface area contributed by atoms with E-state index in [9.17, 15) is 13.7 Å². The minimum absolute atomic E-state index is 0.0613. The van der Waals surface area contributed by atoms with Gasteiger partial charge in [0, 0.05) is 12.2 Å². The number of sulfonamides is 1. The summed E-state index contributed by atoms with van der Waals surface area (Å²) >= 11 is 0. The predicted octanol–water partition coefficient (Wildman–Crippen LogP) is 2.23. The van der Waals surface area contributed by atoms with E-state index < -0.39 is 10.0 Å². The van der Waals surface area contributed by atoms with Gasteiger partial charge in [0.1, 0.15) is 6.07 Å². The lowest BCUT2D eigenvalue weighted by Crippen LogP contribution is -2.20. The quantitative estimate of drug-likeness (QED) is 0.838. The Bertz CT molecular complexity index is 886. The molecule has 0 aliphatic heterocycles. The third-order valence-electron chi connectivity index (χ3n) is 3.58. The maximum absolute atomic E-state index is 11.6. The van der Waals surface area contributed by atoms with E-state index in [1.165, 1.54) is 7.05 Å². The molecule has 1 aromatic heterocycles. The van der Waals surface area contributed by atoms with Gasteiger partial charge in [-0.25, -0.2) is 13.1 Å². The topological polar surface area (TPSA) is 94.9 Å². The molecule has 0 bridgehead atoms. The zero-order valence-electron chi connectivity index (χ0n) is 13.9. The van der Waals surface area contributed by atoms with Gasteiger partial charge in [0.05, 0.1) is 22.7 Å². The molecule has 0 aliphatic rings. The summed E-state index contributed by atoms with van der Waals surface area (Å²) in [5, 5.41) is 12.5. The zero-order valence-corrected chi connectivity index (χ0v) is 14.7. The number of aromatic nitrogens is 1. The second kappa shape index (κ2) is 7.43. The number of hydrogen-bond acceptors (Lipinski definition) is 5. The molecule has 1 aromatic carbocycles. The highest BCUT2D eigenvalue weighted by molar-refractivity contribution is 7.88. The van der Waals surface area contributed by atoms with Crippen LogP contribution in [0.1, 0.15) is 28.1 Å². The van der Waals surface area contributed by atoms with Crippen molar-refractivity contribution in [3.8, 4) is 6.07 Å². The number of nitriles is 1. The maximum Gasteiger partial charge on any atom is 0.215 e. The molecule has 2 aromatic rings. The van der Waals surface area contributed by atoms with E-state index >= 15 is 0 Å². The van der Waals surface area contributed by atoms with E-state index in [2.05, 4.69) is 21.1 Å². The summed E-state index contributed by atoms with van der Waals surface area (Å²) in [6.07, 6.45) is 0. The van der Waals surface area contributed by atoms with Gasteiger partial charge in [-0.05, 0) is 38.1 Å². The van der Waals surface area contributed by atoms with Crippen molar-refractivity contribution in [1.29, 1.82) is 5.26 Å². The van der Waals surface area contributed by atoms with Crippen LogP contribution in [0.25, 0.3) is 0 Å².